The van der Waals surface area contributed by atoms with Gasteiger partial charge in [-0.3, -0.25) is 19.2 Å². The van der Waals surface area contributed by atoms with E-state index in [-0.39, 0.29) is 146 Å². The fourth-order valence-electron chi connectivity index (χ4n) is 3.08. The van der Waals surface area contributed by atoms with Gasteiger partial charge in [0.05, 0.1) is 0 Å². The quantitative estimate of drug-likeness (QED) is 0.0748. The molecule has 0 bridgehead atoms. The van der Waals surface area contributed by atoms with E-state index >= 15 is 0 Å². The molecule has 325 valence electrons. The number of carbonyl (C=O) groups is 8. The maximum absolute atomic E-state index is 11.6. The molecule has 0 aromatic rings. The van der Waals surface area contributed by atoms with Gasteiger partial charge in [-0.1, -0.05) is 37.1 Å². The number of likely N-dealkylation sites (N-methyl/N-ethyl adjacent to an activating group) is 2. The standard InChI is InChI=1S/2C12H20N2O6.5CH4.ClH.4H2N.2Pt/c2*1-7(15)3-4-9(12(19)20)14-10(16)6-5-8(13-2)11(17)18;;;;;;;;;;;;/h2*8-9,13H,3-6H2,1-2H3,(H,14,16)(H,17,18)(H,19,20);5*1H4;1H;4*1H2;;/q;;;;;;;;4*-1;+1;+2/p-1. The van der Waals surface area contributed by atoms with Gasteiger partial charge >= 0.3 is 73.1 Å². The zero-order valence-corrected chi connectivity index (χ0v) is 31.6. The first-order valence-electron chi connectivity index (χ1n) is 12.5. The molecule has 4 unspecified atom stereocenters. The van der Waals surface area contributed by atoms with E-state index in [0.29, 0.717) is 0 Å². The number of aliphatic carboxylic acids is 4. The van der Waals surface area contributed by atoms with Gasteiger partial charge in [0.1, 0.15) is 35.7 Å². The van der Waals surface area contributed by atoms with Crippen LogP contribution in [0.5, 0.6) is 0 Å². The van der Waals surface area contributed by atoms with Crippen LogP contribution in [-0.2, 0) is 78.2 Å². The van der Waals surface area contributed by atoms with Crippen molar-refractivity contribution in [1.29, 1.82) is 0 Å². The van der Waals surface area contributed by atoms with Crippen molar-refractivity contribution in [1.82, 2.24) is 21.3 Å². The van der Waals surface area contributed by atoms with E-state index in [1.807, 2.05) is 0 Å². The molecule has 20 nitrogen and oxygen atoms in total. The van der Waals surface area contributed by atoms with Crippen LogP contribution in [0.1, 0.15) is 102 Å². The molecular formula is C29H68ClN8O12Pt2-2. The summed E-state index contributed by atoms with van der Waals surface area (Å²) in [5.41, 5.74) is 0. The Balaban J connectivity index is -0.0000000428. The van der Waals surface area contributed by atoms with E-state index < -0.39 is 59.9 Å². The zero-order valence-electron chi connectivity index (χ0n) is 26.3. The first-order chi connectivity index (χ1) is 19.5. The normalized spacial score (nSPS) is 10.4. The Morgan fingerprint density at radius 3 is 0.827 bits per heavy atom. The smallest absolute Gasteiger partial charge is 0.693 e. The van der Waals surface area contributed by atoms with Gasteiger partial charge in [0.25, 0.3) is 0 Å². The summed E-state index contributed by atoms with van der Waals surface area (Å²) in [6.45, 7) is 2.68. The number of ketones is 2. The number of amides is 2. The number of nitrogens with two attached hydrogens (primary N) is 4. The van der Waals surface area contributed by atoms with Crippen LogP contribution in [0, 0.1) is 0 Å². The number of carboxylic acids is 4. The maximum Gasteiger partial charge on any atom is 2.00 e. The third-order valence-electron chi connectivity index (χ3n) is 5.45. The van der Waals surface area contributed by atoms with Gasteiger partial charge in [-0.05, 0) is 53.6 Å². The third kappa shape index (κ3) is 49.7. The van der Waals surface area contributed by atoms with Crippen LogP contribution in [-0.4, -0.2) is 106 Å². The minimum atomic E-state index is -1.22. The molecule has 0 rings (SSSR count). The number of Topliss-reactive ketones (excluding diaryl/α,β-unsaturated/α-hetero) is 2. The van der Waals surface area contributed by atoms with Crippen molar-refractivity contribution in [2.45, 2.75) is 127 Å². The number of nitrogens with one attached hydrogen (secondary N) is 4. The predicted octanol–water partition coefficient (Wildman–Crippen LogP) is 5.49. The number of rotatable bonds is 20. The van der Waals surface area contributed by atoms with E-state index in [1.165, 1.54) is 27.9 Å². The van der Waals surface area contributed by atoms with Crippen molar-refractivity contribution in [2.75, 3.05) is 14.1 Å². The molecule has 0 fully saturated rings. The summed E-state index contributed by atoms with van der Waals surface area (Å²) in [5, 5.41) is 45.0. The Kier molecular flexibility index (Phi) is 89.0. The molecule has 16 N–H and O–H groups in total. The average molecular weight is 1150 g/mol. The first kappa shape index (κ1) is 87.4. The molecule has 0 radical (unpaired) electrons. The molecule has 0 aliphatic carbocycles. The van der Waals surface area contributed by atoms with E-state index in [0.717, 1.165) is 0 Å². The maximum atomic E-state index is 11.6. The molecule has 0 heterocycles. The molecular weight excluding hydrogens is 1080 g/mol. The molecule has 0 spiro atoms. The van der Waals surface area contributed by atoms with E-state index in [2.05, 4.69) is 30.7 Å². The number of halogens is 1. The molecule has 0 saturated heterocycles. The summed E-state index contributed by atoms with van der Waals surface area (Å²) < 4.78 is 0. The van der Waals surface area contributed by atoms with Crippen LogP contribution >= 0.6 is 9.42 Å². The molecule has 23 heteroatoms. The van der Waals surface area contributed by atoms with Crippen LogP contribution in [0.4, 0.5) is 0 Å². The SMILES string of the molecule is C.C.C.C.C.CNC(CCC(=O)NC(CCC(C)=O)C(=O)O)C(=O)O.CNC(CCC(=O)NC(CCC(C)=O)C(=O)O)C(=O)O.[Cl][Pt].[NH2-].[NH2-].[NH2-].[NH2-].[Pt+2]. The van der Waals surface area contributed by atoms with Crippen molar-refractivity contribution in [2.24, 2.45) is 0 Å². The predicted molar refractivity (Wildman–Crippen MR) is 199 cm³/mol. The Labute approximate surface area is 340 Å². The number of carboxylic acid groups (broad SMARTS) is 4. The summed E-state index contributed by atoms with van der Waals surface area (Å²) in [6, 6.07) is -3.99. The second-order valence-corrected chi connectivity index (χ2v) is 8.83. The van der Waals surface area contributed by atoms with Crippen LogP contribution in [0.15, 0.2) is 0 Å². The fourth-order valence-corrected chi connectivity index (χ4v) is 3.08. The van der Waals surface area contributed by atoms with Crippen molar-refractivity contribution in [3.63, 3.8) is 0 Å². The summed E-state index contributed by atoms with van der Waals surface area (Å²) in [4.78, 5) is 88.0. The number of hydrogen-bond acceptors (Lipinski definition) is 10. The van der Waals surface area contributed by atoms with E-state index in [4.69, 9.17) is 20.4 Å². The second kappa shape index (κ2) is 52.9. The Bertz CT molecular complexity index is 871. The van der Waals surface area contributed by atoms with Crippen LogP contribution in [0.2, 0.25) is 0 Å². The fraction of sp³-hybridized carbons (Fsp3) is 0.724. The molecule has 4 atom stereocenters. The minimum Gasteiger partial charge on any atom is -0.693 e. The number of carbonyl (C=O) groups excluding carboxylic acids is 4. The van der Waals surface area contributed by atoms with Gasteiger partial charge in [-0.2, -0.15) is 0 Å². The Hall–Kier alpha value is -2.41. The molecule has 52 heavy (non-hydrogen) atoms. The molecule has 0 aromatic carbocycles. The van der Waals surface area contributed by atoms with Gasteiger partial charge in [0, 0.05) is 25.7 Å². The zero-order chi connectivity index (χ0) is 33.4. The van der Waals surface area contributed by atoms with Crippen LogP contribution in [0.3, 0.4) is 0 Å². The average Bonchev–Trinajstić information content (AvgIpc) is 2.90. The molecule has 0 aliphatic rings. The summed E-state index contributed by atoms with van der Waals surface area (Å²) in [7, 11) is 7.53. The Morgan fingerprint density at radius 2 is 0.673 bits per heavy atom. The summed E-state index contributed by atoms with van der Waals surface area (Å²) in [6.07, 6.45) is 0.0450. The summed E-state index contributed by atoms with van der Waals surface area (Å²) >= 11 is 1.61. The second-order valence-electron chi connectivity index (χ2n) is 8.83. The molecule has 0 aromatic heterocycles. The Morgan fingerprint density at radius 1 is 0.481 bits per heavy atom. The van der Waals surface area contributed by atoms with Gasteiger partial charge in [-0.25, -0.2) is 9.59 Å². The van der Waals surface area contributed by atoms with Crippen LogP contribution < -0.4 is 21.3 Å². The van der Waals surface area contributed by atoms with Gasteiger partial charge in [0.2, 0.25) is 11.8 Å². The van der Waals surface area contributed by atoms with Crippen molar-refractivity contribution in [3.05, 3.63) is 24.6 Å². The van der Waals surface area contributed by atoms with E-state index in [1.54, 1.807) is 18.8 Å². The van der Waals surface area contributed by atoms with Gasteiger partial charge in [0.15, 0.2) is 0 Å². The van der Waals surface area contributed by atoms with E-state index in [9.17, 15) is 38.4 Å². The van der Waals surface area contributed by atoms with Crippen molar-refractivity contribution < 1.29 is 98.6 Å². The third-order valence-corrected chi connectivity index (χ3v) is 5.45. The molecule has 0 saturated carbocycles. The first-order valence-corrected chi connectivity index (χ1v) is 15.3. The topological polar surface area (TPSA) is 400 Å². The number of hydrogen-bond donors (Lipinski definition) is 8. The molecule has 2 amide bonds. The largest absolute Gasteiger partial charge is 2.00 e. The molecule has 0 aliphatic heterocycles. The summed E-state index contributed by atoms with van der Waals surface area (Å²) in [5.74, 6) is -6.02. The van der Waals surface area contributed by atoms with Crippen molar-refractivity contribution in [3.8, 4) is 0 Å². The monoisotopic (exact) mass is 1150 g/mol. The van der Waals surface area contributed by atoms with Crippen LogP contribution in [0.25, 0.3) is 24.6 Å². The van der Waals surface area contributed by atoms with Gasteiger partial charge < -0.3 is 75.9 Å². The van der Waals surface area contributed by atoms with Crippen molar-refractivity contribution >= 4 is 56.7 Å². The van der Waals surface area contributed by atoms with Gasteiger partial charge in [-0.15, -0.1) is 0 Å². The minimum absolute atomic E-state index is 0.